The minimum absolute atomic E-state index is 0.137. The highest BCUT2D eigenvalue weighted by Crippen LogP contribution is 2.39. The number of ether oxygens (including phenoxy) is 2. The van der Waals surface area contributed by atoms with Gasteiger partial charge in [0, 0.05) is 37.9 Å². The van der Waals surface area contributed by atoms with Gasteiger partial charge < -0.3 is 29.4 Å². The molecule has 0 unspecified atom stereocenters. The zero-order chi connectivity index (χ0) is 25.6. The monoisotopic (exact) mass is 504 g/mol. The number of carbonyl (C=O) groups is 2. The fourth-order valence-electron chi connectivity index (χ4n) is 5.30. The number of fused-ring (bicyclic) bond motifs is 1. The fraction of sp³-hybridized carbons (Fsp3) is 0.385. The highest BCUT2D eigenvalue weighted by atomic mass is 16.5. The summed E-state index contributed by atoms with van der Waals surface area (Å²) in [6, 6.07) is 5.33. The summed E-state index contributed by atoms with van der Waals surface area (Å²) in [5.41, 5.74) is 3.20. The lowest BCUT2D eigenvalue weighted by molar-refractivity contribution is 0.0972. The third-order valence-corrected chi connectivity index (χ3v) is 7.58. The Morgan fingerprint density at radius 2 is 1.89 bits per heavy atom. The number of hydrogen-bond donors (Lipinski definition) is 2. The second kappa shape index (κ2) is 9.07. The summed E-state index contributed by atoms with van der Waals surface area (Å²) >= 11 is 0. The van der Waals surface area contributed by atoms with Crippen LogP contribution in [-0.4, -0.2) is 62.2 Å². The van der Waals surface area contributed by atoms with Gasteiger partial charge in [0.2, 0.25) is 5.88 Å². The van der Waals surface area contributed by atoms with Crippen LogP contribution in [0.3, 0.4) is 0 Å². The quantitative estimate of drug-likeness (QED) is 0.522. The smallest absolute Gasteiger partial charge is 0.311 e. The highest BCUT2D eigenvalue weighted by molar-refractivity contribution is 6.10. The third-order valence-electron chi connectivity index (χ3n) is 7.58. The van der Waals surface area contributed by atoms with Gasteiger partial charge in [-0.05, 0) is 42.0 Å². The molecular weight excluding hydrogens is 476 g/mol. The van der Waals surface area contributed by atoms with Crippen molar-refractivity contribution in [1.29, 1.82) is 0 Å². The molecule has 0 bridgehead atoms. The summed E-state index contributed by atoms with van der Waals surface area (Å²) in [7, 11) is 3.06. The number of methoxy groups -OCH3 is 2. The van der Waals surface area contributed by atoms with E-state index in [4.69, 9.17) is 13.9 Å². The van der Waals surface area contributed by atoms with Crippen molar-refractivity contribution in [3.05, 3.63) is 53.8 Å². The second-order valence-electron chi connectivity index (χ2n) is 9.70. The van der Waals surface area contributed by atoms with Crippen LogP contribution in [0.15, 0.2) is 41.2 Å². The molecule has 2 amide bonds. The molecule has 2 saturated heterocycles. The van der Waals surface area contributed by atoms with Gasteiger partial charge in [0.05, 0.1) is 44.5 Å². The lowest BCUT2D eigenvalue weighted by Crippen LogP contribution is -2.58. The fourth-order valence-corrected chi connectivity index (χ4v) is 5.30. The number of aromatic nitrogens is 2. The largest absolute Gasteiger partial charge is 0.493 e. The Kier molecular flexibility index (Phi) is 5.71. The number of rotatable bonds is 6. The van der Waals surface area contributed by atoms with Gasteiger partial charge in [-0.25, -0.2) is 4.98 Å². The topological polar surface area (TPSA) is 122 Å². The first-order valence-corrected chi connectivity index (χ1v) is 12.2. The maximum absolute atomic E-state index is 13.0. The molecule has 2 aromatic heterocycles. The number of hydrogen-bond acceptors (Lipinski definition) is 9. The maximum atomic E-state index is 13.0. The van der Waals surface area contributed by atoms with Gasteiger partial charge in [-0.1, -0.05) is 0 Å². The number of nitrogens with zero attached hydrogens (tertiary/aromatic N) is 4. The van der Waals surface area contributed by atoms with Crippen LogP contribution in [0, 0.1) is 5.41 Å². The van der Waals surface area contributed by atoms with Gasteiger partial charge in [0.25, 0.3) is 11.8 Å². The Bertz CT molecular complexity index is 1360. The van der Waals surface area contributed by atoms with Gasteiger partial charge in [-0.2, -0.15) is 0 Å². The van der Waals surface area contributed by atoms with E-state index < -0.39 is 5.91 Å². The number of nitrogens with one attached hydrogen (secondary N) is 2. The Morgan fingerprint density at radius 3 is 2.59 bits per heavy atom. The van der Waals surface area contributed by atoms with Crippen molar-refractivity contribution < 1.29 is 23.5 Å². The van der Waals surface area contributed by atoms with Crippen molar-refractivity contribution >= 4 is 29.1 Å². The molecule has 1 spiro atoms. The molecule has 2 N–H and O–H groups in total. The predicted octanol–water partition coefficient (Wildman–Crippen LogP) is 2.69. The Hall–Kier alpha value is -4.12. The van der Waals surface area contributed by atoms with Gasteiger partial charge >= 0.3 is 5.91 Å². The number of oxazole rings is 1. The first-order chi connectivity index (χ1) is 18.0. The van der Waals surface area contributed by atoms with E-state index in [2.05, 4.69) is 25.5 Å². The Labute approximate surface area is 213 Å². The van der Waals surface area contributed by atoms with Gasteiger partial charge in [-0.15, -0.1) is 0 Å². The van der Waals surface area contributed by atoms with E-state index in [9.17, 15) is 9.59 Å². The van der Waals surface area contributed by atoms with E-state index in [1.807, 2.05) is 6.07 Å². The van der Waals surface area contributed by atoms with E-state index >= 15 is 0 Å². The van der Waals surface area contributed by atoms with Crippen LogP contribution in [0.1, 0.15) is 39.4 Å². The predicted molar refractivity (Wildman–Crippen MR) is 136 cm³/mol. The molecule has 0 aliphatic carbocycles. The van der Waals surface area contributed by atoms with Crippen LogP contribution in [0.2, 0.25) is 0 Å². The first-order valence-electron chi connectivity index (χ1n) is 12.2. The van der Waals surface area contributed by atoms with Crippen LogP contribution in [0.25, 0.3) is 0 Å². The number of carbonyl (C=O) groups excluding carboxylic acids is 2. The van der Waals surface area contributed by atoms with Crippen molar-refractivity contribution in [3.63, 3.8) is 0 Å². The Morgan fingerprint density at radius 1 is 1.14 bits per heavy atom. The van der Waals surface area contributed by atoms with Crippen molar-refractivity contribution in [2.75, 3.05) is 55.5 Å². The summed E-state index contributed by atoms with van der Waals surface area (Å²) in [5.74, 6) is 0.277. The van der Waals surface area contributed by atoms with Crippen LogP contribution < -0.4 is 29.9 Å². The molecule has 6 rings (SSSR count). The summed E-state index contributed by atoms with van der Waals surface area (Å²) in [6.45, 7) is 4.28. The SMILES string of the molecule is COc1cc2c(cc1OC)C(=O)N(c1cnc(C(=O)Nc3cnccc3N3CCC4(CC3)CNC4)o1)C2. The summed E-state index contributed by atoms with van der Waals surface area (Å²) < 4.78 is 16.4. The normalized spacial score (nSPS) is 17.9. The van der Waals surface area contributed by atoms with E-state index in [1.54, 1.807) is 31.6 Å². The van der Waals surface area contributed by atoms with Gasteiger partial charge in [-0.3, -0.25) is 19.5 Å². The molecule has 5 heterocycles. The van der Waals surface area contributed by atoms with E-state index in [0.29, 0.717) is 28.2 Å². The van der Waals surface area contributed by atoms with E-state index in [-0.39, 0.29) is 24.2 Å². The third kappa shape index (κ3) is 4.05. The molecule has 37 heavy (non-hydrogen) atoms. The summed E-state index contributed by atoms with van der Waals surface area (Å²) in [5, 5.41) is 6.27. The lowest BCUT2D eigenvalue weighted by Gasteiger charge is -2.49. The first kappa shape index (κ1) is 23.3. The van der Waals surface area contributed by atoms with Crippen LogP contribution in [-0.2, 0) is 6.54 Å². The molecule has 11 heteroatoms. The van der Waals surface area contributed by atoms with Crippen molar-refractivity contribution in [3.8, 4) is 11.5 Å². The molecule has 11 nitrogen and oxygen atoms in total. The van der Waals surface area contributed by atoms with Crippen molar-refractivity contribution in [1.82, 2.24) is 15.3 Å². The van der Waals surface area contributed by atoms with Crippen LogP contribution in [0.4, 0.5) is 17.3 Å². The molecule has 0 saturated carbocycles. The number of benzene rings is 1. The molecule has 1 aromatic carbocycles. The molecule has 3 aliphatic heterocycles. The van der Waals surface area contributed by atoms with E-state index in [1.165, 1.54) is 18.2 Å². The standard InChI is InChI=1S/C26H28N6O5/c1-35-20-9-16-13-32(25(34)17(16)10-21(20)36-2)22-12-29-24(37-22)23(33)30-18-11-27-6-3-19(18)31-7-4-26(5-8-31)14-28-15-26/h3,6,9-12,28H,4-5,7-8,13-15H2,1-2H3,(H,30,33). The maximum Gasteiger partial charge on any atom is 0.311 e. The Balaban J connectivity index is 1.17. The van der Waals surface area contributed by atoms with Crippen LogP contribution in [0.5, 0.6) is 11.5 Å². The number of amides is 2. The average Bonchev–Trinajstić information content (AvgIpc) is 3.52. The van der Waals surface area contributed by atoms with Gasteiger partial charge in [0.1, 0.15) is 0 Å². The number of piperidine rings is 1. The zero-order valence-corrected chi connectivity index (χ0v) is 20.7. The molecule has 3 aromatic rings. The zero-order valence-electron chi connectivity index (χ0n) is 20.7. The highest BCUT2D eigenvalue weighted by Gasteiger charge is 2.40. The average molecular weight is 505 g/mol. The minimum atomic E-state index is -0.510. The number of anilines is 3. The second-order valence-corrected chi connectivity index (χ2v) is 9.70. The molecule has 2 fully saturated rings. The van der Waals surface area contributed by atoms with Crippen molar-refractivity contribution in [2.24, 2.45) is 5.41 Å². The minimum Gasteiger partial charge on any atom is -0.493 e. The van der Waals surface area contributed by atoms with E-state index in [0.717, 1.165) is 50.3 Å². The molecule has 192 valence electrons. The van der Waals surface area contributed by atoms with Gasteiger partial charge in [0.15, 0.2) is 11.5 Å². The molecular formula is C26H28N6O5. The molecule has 0 atom stereocenters. The van der Waals surface area contributed by atoms with Crippen LogP contribution >= 0.6 is 0 Å². The molecule has 0 radical (unpaired) electrons. The van der Waals surface area contributed by atoms with Crippen molar-refractivity contribution in [2.45, 2.75) is 19.4 Å². The number of pyridine rings is 1. The summed E-state index contributed by atoms with van der Waals surface area (Å²) in [6.07, 6.45) is 6.97. The summed E-state index contributed by atoms with van der Waals surface area (Å²) in [4.78, 5) is 38.1. The molecule has 3 aliphatic rings. The lowest BCUT2D eigenvalue weighted by atomic mass is 9.73.